The smallest absolute Gasteiger partial charge is 0.244 e. The molecule has 0 atom stereocenters. The van der Waals surface area contributed by atoms with Crippen molar-refractivity contribution in [3.05, 3.63) is 263 Å². The van der Waals surface area contributed by atoms with Gasteiger partial charge in [-0.1, -0.05) is 289 Å². The van der Waals surface area contributed by atoms with Crippen LogP contribution in [0.5, 0.6) is 0 Å². The fourth-order valence-electron chi connectivity index (χ4n) is 16.0. The van der Waals surface area contributed by atoms with Gasteiger partial charge in [0.1, 0.15) is 78.3 Å². The van der Waals surface area contributed by atoms with Gasteiger partial charge in [-0.05, 0) is 33.0 Å². The molecule has 16 aromatic rings. The van der Waals surface area contributed by atoms with Gasteiger partial charge in [0.05, 0.1) is 67.2 Å². The fraction of sp³-hybridized carbons (Fsp3) is 0.247. The number of nitrogens with one attached hydrogen (secondary N) is 1. The zero-order valence-corrected chi connectivity index (χ0v) is 77.0. The Labute approximate surface area is 787 Å². The monoisotopic (exact) mass is 1880 g/mol. The molecule has 3 saturated heterocycles. The van der Waals surface area contributed by atoms with E-state index in [1.165, 1.54) is 24.8 Å². The summed E-state index contributed by atoms with van der Waals surface area (Å²) >= 11 is 27.5. The van der Waals surface area contributed by atoms with Crippen molar-refractivity contribution in [2.75, 3.05) is 113 Å². The van der Waals surface area contributed by atoms with Gasteiger partial charge in [0.15, 0.2) is 22.6 Å². The number of rotatable bonds is 22. The maximum absolute atomic E-state index is 13.2. The Bertz CT molecular complexity index is 6970. The number of benzene rings is 8. The number of likely N-dealkylation sites (tertiary alicyclic amines) is 1. The average Bonchev–Trinajstić information content (AvgIpc) is 1.64. The van der Waals surface area contributed by atoms with Gasteiger partial charge in [0, 0.05) is 117 Å². The summed E-state index contributed by atoms with van der Waals surface area (Å²) in [5.74, 6) is -0.566. The third-order valence-electron chi connectivity index (χ3n) is 23.2. The number of amides is 4. The molecule has 1 N–H and O–H groups in total. The van der Waals surface area contributed by atoms with Crippen LogP contribution in [0.25, 0.3) is 134 Å². The molecule has 0 bridgehead atoms. The molecule has 0 radical (unpaired) electrons. The highest BCUT2D eigenvalue weighted by Gasteiger charge is 2.32. The largest absolute Gasteiger partial charge is 0.379 e. The van der Waals surface area contributed by atoms with Crippen LogP contribution < -0.4 is 5.32 Å². The first kappa shape index (κ1) is 92.5. The number of fused-ring (bicyclic) bond motifs is 4. The highest BCUT2D eigenvalue weighted by Crippen LogP contribution is 2.43. The number of hydrogen-bond acceptors (Lipinski definition) is 22. The van der Waals surface area contributed by atoms with Crippen LogP contribution in [0.1, 0.15) is 12.8 Å². The Morgan fingerprint density at radius 2 is 0.714 bits per heavy atom. The lowest BCUT2D eigenvalue weighted by Crippen LogP contribution is -2.51. The number of likely N-dealkylation sites (N-methyl/N-ethyl adjacent to an activating group) is 2. The molecular weight excluding hydrogens is 1790 g/mol. The van der Waals surface area contributed by atoms with Crippen molar-refractivity contribution < 1.29 is 32.3 Å². The normalized spacial score (nSPS) is 13.9. The Balaban J connectivity index is 0.000000129. The summed E-state index contributed by atoms with van der Waals surface area (Å²) < 4.78 is 36.5. The van der Waals surface area contributed by atoms with Crippen molar-refractivity contribution in [1.82, 2.24) is 114 Å². The molecule has 676 valence electrons. The second-order valence-corrected chi connectivity index (χ2v) is 35.5. The van der Waals surface area contributed by atoms with Gasteiger partial charge in [-0.3, -0.25) is 24.1 Å². The number of piperazine rings is 1. The van der Waals surface area contributed by atoms with E-state index in [0.29, 0.717) is 129 Å². The maximum atomic E-state index is 13.2. The first-order chi connectivity index (χ1) is 64.7. The summed E-state index contributed by atoms with van der Waals surface area (Å²) in [5, 5.41) is 70.3. The lowest BCUT2D eigenvalue weighted by molar-refractivity contribution is -0.134. The number of halogens is 4. The lowest BCUT2D eigenvalue weighted by Gasteiger charge is -2.35. The molecule has 8 aromatic heterocycles. The summed E-state index contributed by atoms with van der Waals surface area (Å²) in [6.45, 7) is 7.75. The van der Waals surface area contributed by atoms with Crippen molar-refractivity contribution in [2.24, 2.45) is 0 Å². The van der Waals surface area contributed by atoms with E-state index in [0.717, 1.165) is 103 Å². The fourth-order valence-corrected chi connectivity index (χ4v) is 18.1. The summed E-state index contributed by atoms with van der Waals surface area (Å²) in [6, 6.07) is 79.5. The Morgan fingerprint density at radius 3 is 1.03 bits per heavy atom. The minimum Gasteiger partial charge on any atom is -0.379 e. The third kappa shape index (κ3) is 21.4. The zero-order valence-electron chi connectivity index (χ0n) is 73.2. The third-order valence-corrected chi connectivity index (χ3v) is 26.0. The maximum Gasteiger partial charge on any atom is 0.244 e. The number of piperidine rings is 1. The number of morpholine rings is 1. The van der Waals surface area contributed by atoms with E-state index >= 15 is 0 Å². The molecule has 3 fully saturated rings. The molecule has 31 nitrogen and oxygen atoms in total. The van der Waals surface area contributed by atoms with E-state index in [2.05, 4.69) is 68.1 Å². The number of ether oxygens (including phenoxy) is 1. The van der Waals surface area contributed by atoms with Crippen LogP contribution in [0.3, 0.4) is 0 Å². The van der Waals surface area contributed by atoms with Crippen LogP contribution in [0.4, 0.5) is 0 Å². The Kier molecular flexibility index (Phi) is 29.7. The van der Waals surface area contributed by atoms with Crippen LogP contribution in [0, 0.1) is 11.3 Å². The lowest BCUT2D eigenvalue weighted by atomic mass is 10.0. The highest BCUT2D eigenvalue weighted by atomic mass is 35.5. The number of hydrogen-bond donors (Lipinski definition) is 1. The summed E-state index contributed by atoms with van der Waals surface area (Å²) in [7, 11) is 2.29. The Morgan fingerprint density at radius 1 is 0.414 bits per heavy atom. The van der Waals surface area contributed by atoms with Gasteiger partial charge in [-0.2, -0.15) is 30.0 Å². The van der Waals surface area contributed by atoms with E-state index in [1.54, 1.807) is 21.3 Å². The van der Waals surface area contributed by atoms with Gasteiger partial charge < -0.3 is 29.7 Å². The van der Waals surface area contributed by atoms with Crippen LogP contribution in [-0.4, -0.2) is 259 Å². The molecule has 0 aliphatic carbocycles. The topological polar surface area (TPSA) is 341 Å². The molecule has 0 spiro atoms. The summed E-state index contributed by atoms with van der Waals surface area (Å²) in [4.78, 5) is 61.0. The molecule has 0 saturated carbocycles. The number of nitrogens with zero attached hydrogens (tertiary/aromatic N) is 23. The molecule has 11 heterocycles. The zero-order chi connectivity index (χ0) is 92.7. The van der Waals surface area contributed by atoms with E-state index in [4.69, 9.17) is 71.7 Å². The van der Waals surface area contributed by atoms with E-state index in [-0.39, 0.29) is 75.5 Å². The SMILES string of the molecule is CN(CC#N)C(=O)Cn1nc(-c2ccccc2)c2c(Cl)c(-c3ccccc3)nnc21.CN1CCC(N(C)C(=O)Cn2nc(-c3ccccc3)c3c(Cl)c(-c4ccccc4)nnc32)CC1.CS(=O)(=O)N1CCN(C(=O)Cn2nc(-c3ccccc3)c3c(Cl)c(-c4ccccc4)nnc32)CC1.O=C(Cn1nc(-c2ccccc2)c2c(Cl)c(-c3ccccc3)nnc21)NCCN1CCOCC1. The summed E-state index contributed by atoms with van der Waals surface area (Å²) in [6.07, 6.45) is 3.12. The molecule has 4 amide bonds. The van der Waals surface area contributed by atoms with Gasteiger partial charge in [-0.25, -0.2) is 27.1 Å². The van der Waals surface area contributed by atoms with Crippen LogP contribution in [0.15, 0.2) is 243 Å². The number of nitriles is 1. The minimum absolute atomic E-state index is 0.00335. The number of aromatic nitrogens is 16. The second kappa shape index (κ2) is 42.7. The average molecular weight is 1880 g/mol. The first-order valence-electron chi connectivity index (χ1n) is 43.1. The van der Waals surface area contributed by atoms with Crippen LogP contribution in [-0.2, 0) is 60.1 Å². The van der Waals surface area contributed by atoms with Crippen molar-refractivity contribution >= 4 is 124 Å². The summed E-state index contributed by atoms with van der Waals surface area (Å²) in [5.41, 5.74) is 13.6. The molecule has 0 unspecified atom stereocenters. The van der Waals surface area contributed by atoms with E-state index in [9.17, 15) is 27.6 Å². The van der Waals surface area contributed by atoms with Crippen LogP contribution in [0.2, 0.25) is 20.1 Å². The molecular formula is C97H92Cl4N24O7S. The van der Waals surface area contributed by atoms with Crippen molar-refractivity contribution in [2.45, 2.75) is 45.1 Å². The number of carbonyl (C=O) groups is 4. The number of carbonyl (C=O) groups excluding carboxylic acids is 4. The first-order valence-corrected chi connectivity index (χ1v) is 46.5. The van der Waals surface area contributed by atoms with Gasteiger partial charge in [0.2, 0.25) is 33.7 Å². The second-order valence-electron chi connectivity index (χ2n) is 32.0. The van der Waals surface area contributed by atoms with Gasteiger partial charge in [-0.15, -0.1) is 40.8 Å². The number of sulfonamides is 1. The minimum atomic E-state index is -3.28. The van der Waals surface area contributed by atoms with Gasteiger partial charge >= 0.3 is 0 Å². The van der Waals surface area contributed by atoms with E-state index < -0.39 is 10.0 Å². The van der Waals surface area contributed by atoms with Crippen molar-refractivity contribution in [3.8, 4) is 96.1 Å². The van der Waals surface area contributed by atoms with Crippen molar-refractivity contribution in [3.63, 3.8) is 0 Å². The van der Waals surface area contributed by atoms with Gasteiger partial charge in [0.25, 0.3) is 0 Å². The van der Waals surface area contributed by atoms with Crippen LogP contribution >= 0.6 is 46.4 Å². The predicted molar refractivity (Wildman–Crippen MR) is 515 cm³/mol. The molecule has 3 aliphatic heterocycles. The molecule has 133 heavy (non-hydrogen) atoms. The quantitative estimate of drug-likeness (QED) is 0.0616. The molecule has 36 heteroatoms. The molecule has 3 aliphatic rings. The van der Waals surface area contributed by atoms with Crippen molar-refractivity contribution in [1.29, 1.82) is 5.26 Å². The molecule has 8 aromatic carbocycles. The highest BCUT2D eigenvalue weighted by molar-refractivity contribution is 7.88. The standard InChI is InChI=1S/C26H27ClN6O.C25H25ClN6O2.C24H23ClN6O3S.C22H17ClN6O/c1-31-15-13-20(14-16-31)32(2)21(34)17-33-26-22(24(30-33)18-9-5-3-6-10-18)23(27)25(28-29-26)19-11-7-4-8-12-19;26-22-21-23(18-7-3-1-4-8-18)30-32(17-20(33)27-11-12-31-13-15-34-16-14-31)25(21)29-28-24(22)19-9-5-2-6-10-19;1-35(33,34)30-14-12-29(13-15-30)19(32)16-31-24-20(22(28-31)17-8-4-2-5-9-17)21(25)23(26-27-24)18-10-6-3-7-11-18;1-28(13-12-24)17(30)14-29-22-18(20(27-29)15-8-4-2-5-9-15)19(23)21(25-26-22)16-10-6-3-7-11-16/h3-12,20H,13-17H2,1-2H3;1-10H,11-17H2,(H,27,33);2-11H,12-16H2,1H3;2-11H,13-14H2,1H3. The molecule has 19 rings (SSSR count). The Hall–Kier alpha value is -13.7. The predicted octanol–water partition coefficient (Wildman–Crippen LogP) is 14.3. The van der Waals surface area contributed by atoms with E-state index in [1.807, 2.05) is 261 Å².